The molecule has 0 fully saturated rings. The lowest BCUT2D eigenvalue weighted by Crippen LogP contribution is -1.98. The van der Waals surface area contributed by atoms with Crippen molar-refractivity contribution >= 4 is 22.6 Å². The van der Waals surface area contributed by atoms with Crippen LogP contribution in [0.3, 0.4) is 0 Å². The zero-order valence-corrected chi connectivity index (χ0v) is 10.6. The zero-order valence-electron chi connectivity index (χ0n) is 8.39. The molecule has 0 saturated heterocycles. The molecule has 0 amide bonds. The van der Waals surface area contributed by atoms with Gasteiger partial charge in [-0.25, -0.2) is 0 Å². The Labute approximate surface area is 99.0 Å². The van der Waals surface area contributed by atoms with Crippen LogP contribution >= 0.6 is 22.6 Å². The van der Waals surface area contributed by atoms with E-state index in [0.29, 0.717) is 0 Å². The molecule has 0 aliphatic carbocycles. The van der Waals surface area contributed by atoms with E-state index in [1.54, 1.807) is 0 Å². The Morgan fingerprint density at radius 2 is 2.14 bits per heavy atom. The molecular formula is C12H15FI. The van der Waals surface area contributed by atoms with E-state index in [1.807, 2.05) is 6.07 Å². The van der Waals surface area contributed by atoms with Crippen molar-refractivity contribution in [3.05, 3.63) is 39.8 Å². The fourth-order valence-electron chi connectivity index (χ4n) is 1.43. The molecule has 0 aromatic heterocycles. The maximum atomic E-state index is 12.5. The van der Waals surface area contributed by atoms with Crippen LogP contribution in [0.15, 0.2) is 18.2 Å². The van der Waals surface area contributed by atoms with E-state index in [1.165, 1.54) is 9.13 Å². The van der Waals surface area contributed by atoms with Crippen LogP contribution in [0.2, 0.25) is 0 Å². The Bertz CT molecular complexity index is 296. The van der Waals surface area contributed by atoms with Gasteiger partial charge in [0, 0.05) is 9.49 Å². The molecule has 2 heteroatoms. The Balaban J connectivity index is 2.94. The zero-order chi connectivity index (χ0) is 10.6. The second kappa shape index (κ2) is 5.69. The van der Waals surface area contributed by atoms with Crippen molar-refractivity contribution in [1.29, 1.82) is 0 Å². The van der Waals surface area contributed by atoms with Gasteiger partial charge in [-0.3, -0.25) is 4.39 Å². The van der Waals surface area contributed by atoms with Crippen LogP contribution in [0, 0.1) is 10.5 Å². The van der Waals surface area contributed by atoms with Crippen molar-refractivity contribution in [3.8, 4) is 0 Å². The molecule has 0 aliphatic rings. The van der Waals surface area contributed by atoms with E-state index in [0.717, 1.165) is 18.4 Å². The van der Waals surface area contributed by atoms with Crippen LogP contribution < -0.4 is 0 Å². The monoisotopic (exact) mass is 305 g/mol. The highest BCUT2D eigenvalue weighted by atomic mass is 127. The van der Waals surface area contributed by atoms with Gasteiger partial charge >= 0.3 is 0 Å². The summed E-state index contributed by atoms with van der Waals surface area (Å²) in [4.78, 5) is 0. The number of hydrogen-bond acceptors (Lipinski definition) is 0. The third-order valence-corrected chi connectivity index (χ3v) is 2.80. The van der Waals surface area contributed by atoms with E-state index < -0.39 is 0 Å². The lowest BCUT2D eigenvalue weighted by molar-refractivity contribution is 0.465. The van der Waals surface area contributed by atoms with E-state index in [9.17, 15) is 4.39 Å². The average Bonchev–Trinajstić information content (AvgIpc) is 2.16. The first-order chi connectivity index (χ1) is 6.67. The molecule has 0 spiro atoms. The molecule has 1 unspecified atom stereocenters. The van der Waals surface area contributed by atoms with Crippen LogP contribution in [0.25, 0.3) is 0 Å². The molecule has 1 aromatic carbocycles. The Morgan fingerprint density at radius 3 is 2.71 bits per heavy atom. The lowest BCUT2D eigenvalue weighted by atomic mass is 9.99. The molecule has 0 bridgehead atoms. The van der Waals surface area contributed by atoms with Crippen molar-refractivity contribution < 1.29 is 4.39 Å². The first-order valence-electron chi connectivity index (χ1n) is 4.85. The minimum absolute atomic E-state index is 0.222. The minimum atomic E-state index is -0.383. The Kier molecular flexibility index (Phi) is 4.85. The second-order valence-electron chi connectivity index (χ2n) is 3.49. The van der Waals surface area contributed by atoms with E-state index in [4.69, 9.17) is 0 Å². The molecule has 1 radical (unpaired) electrons. The predicted molar refractivity (Wildman–Crippen MR) is 67.2 cm³/mol. The first-order valence-corrected chi connectivity index (χ1v) is 5.93. The van der Waals surface area contributed by atoms with Gasteiger partial charge in [-0.05, 0) is 59.2 Å². The fourth-order valence-corrected chi connectivity index (χ4v) is 2.19. The second-order valence-corrected chi connectivity index (χ2v) is 4.74. The highest BCUT2D eigenvalue weighted by molar-refractivity contribution is 14.1. The van der Waals surface area contributed by atoms with Crippen LogP contribution in [0.4, 0.5) is 4.39 Å². The van der Waals surface area contributed by atoms with E-state index in [-0.39, 0.29) is 12.6 Å². The summed E-state index contributed by atoms with van der Waals surface area (Å²) in [5.41, 5.74) is 2.30. The highest BCUT2D eigenvalue weighted by Gasteiger charge is 2.06. The summed E-state index contributed by atoms with van der Waals surface area (Å²) < 4.78 is 13.6. The summed E-state index contributed by atoms with van der Waals surface area (Å²) >= 11 is 2.27. The topological polar surface area (TPSA) is 0 Å². The molecule has 0 N–H and O–H groups in total. The van der Waals surface area contributed by atoms with E-state index in [2.05, 4.69) is 48.6 Å². The first kappa shape index (κ1) is 12.0. The smallest absolute Gasteiger partial charge is 0.0962 e. The summed E-state index contributed by atoms with van der Waals surface area (Å²) in [6, 6.07) is 6.23. The van der Waals surface area contributed by atoms with Gasteiger partial charge in [0.2, 0.25) is 0 Å². The third kappa shape index (κ3) is 3.23. The summed E-state index contributed by atoms with van der Waals surface area (Å²) in [6.07, 6.45) is 2.18. The fraction of sp³-hybridized carbons (Fsp3) is 0.417. The number of alkyl halides is 1. The molecule has 0 saturated carbocycles. The molecular weight excluding hydrogens is 290 g/mol. The number of benzene rings is 1. The number of halogens is 2. The van der Waals surface area contributed by atoms with E-state index >= 15 is 0 Å². The molecule has 0 nitrogen and oxygen atoms in total. The predicted octanol–water partition coefficient (Wildman–Crippen LogP) is 4.13. The molecule has 77 valence electrons. The SMILES string of the molecule is [CH2]C(CF)c1cc(I)cc(CCC)c1. The van der Waals surface area contributed by atoms with Gasteiger partial charge < -0.3 is 0 Å². The number of rotatable bonds is 4. The van der Waals surface area contributed by atoms with Crippen molar-refractivity contribution in [2.45, 2.75) is 25.7 Å². The number of hydrogen-bond donors (Lipinski definition) is 0. The largest absolute Gasteiger partial charge is 0.250 e. The van der Waals surface area contributed by atoms with Crippen molar-refractivity contribution in [2.24, 2.45) is 0 Å². The average molecular weight is 305 g/mol. The Morgan fingerprint density at radius 1 is 1.43 bits per heavy atom. The quantitative estimate of drug-likeness (QED) is 0.734. The van der Waals surface area contributed by atoms with Gasteiger partial charge in [0.1, 0.15) is 0 Å². The number of aryl methyl sites for hydroxylation is 1. The maximum absolute atomic E-state index is 12.5. The summed E-state index contributed by atoms with van der Waals surface area (Å²) in [7, 11) is 0. The highest BCUT2D eigenvalue weighted by Crippen LogP contribution is 2.21. The molecule has 1 atom stereocenters. The van der Waals surface area contributed by atoms with Gasteiger partial charge in [-0.15, -0.1) is 0 Å². The third-order valence-electron chi connectivity index (χ3n) is 2.18. The van der Waals surface area contributed by atoms with Crippen molar-refractivity contribution in [2.75, 3.05) is 6.67 Å². The standard InChI is InChI=1S/C12H15FI/c1-3-4-10-5-11(9(2)8-13)7-12(14)6-10/h5-7,9H,2-4,8H2,1H3. The maximum Gasteiger partial charge on any atom is 0.0962 e. The summed E-state index contributed by atoms with van der Waals surface area (Å²) in [6.45, 7) is 5.56. The molecule has 0 heterocycles. The lowest BCUT2D eigenvalue weighted by Gasteiger charge is -2.10. The van der Waals surface area contributed by atoms with Gasteiger partial charge in [0.05, 0.1) is 6.67 Å². The van der Waals surface area contributed by atoms with Crippen LogP contribution in [0.1, 0.15) is 30.4 Å². The summed E-state index contributed by atoms with van der Waals surface area (Å²) in [5, 5.41) is 0. The van der Waals surface area contributed by atoms with Crippen molar-refractivity contribution in [1.82, 2.24) is 0 Å². The molecule has 1 rings (SSSR count). The van der Waals surface area contributed by atoms with Crippen molar-refractivity contribution in [3.63, 3.8) is 0 Å². The molecule has 1 aromatic rings. The van der Waals surface area contributed by atoms with Gasteiger partial charge in [-0.2, -0.15) is 0 Å². The van der Waals surface area contributed by atoms with Crippen LogP contribution in [0.5, 0.6) is 0 Å². The van der Waals surface area contributed by atoms with Crippen LogP contribution in [-0.2, 0) is 6.42 Å². The van der Waals surface area contributed by atoms with Gasteiger partial charge in [0.25, 0.3) is 0 Å². The summed E-state index contributed by atoms with van der Waals surface area (Å²) in [5.74, 6) is -0.222. The molecule has 0 aliphatic heterocycles. The van der Waals surface area contributed by atoms with Gasteiger partial charge in [0.15, 0.2) is 0 Å². The van der Waals surface area contributed by atoms with Crippen LogP contribution in [-0.4, -0.2) is 6.67 Å². The van der Waals surface area contributed by atoms with Gasteiger partial charge in [-0.1, -0.05) is 19.4 Å². The normalized spacial score (nSPS) is 12.9. The Hall–Kier alpha value is -0.120. The minimum Gasteiger partial charge on any atom is -0.250 e. The molecule has 14 heavy (non-hydrogen) atoms.